The predicted octanol–water partition coefficient (Wildman–Crippen LogP) is 2.90. The van der Waals surface area contributed by atoms with Gasteiger partial charge in [0.15, 0.2) is 15.3 Å². The van der Waals surface area contributed by atoms with Crippen LogP contribution in [0.1, 0.15) is 99.3 Å². The van der Waals surface area contributed by atoms with Crippen LogP contribution < -0.4 is 21.3 Å². The molecule has 5 amide bonds. The molecule has 13 nitrogen and oxygen atoms in total. The lowest BCUT2D eigenvalue weighted by molar-refractivity contribution is -0.143. The summed E-state index contributed by atoms with van der Waals surface area (Å²) in [4.78, 5) is 69.1. The monoisotopic (exact) mass is 707 g/mol. The Kier molecular flexibility index (Phi) is 14.0. The molecule has 0 aromatic rings. The quantitative estimate of drug-likeness (QED) is 0.157. The van der Waals surface area contributed by atoms with Crippen LogP contribution in [0.2, 0.25) is 0 Å². The second-order valence-corrected chi connectivity index (χ2v) is 17.2. The number of nitrogens with one attached hydrogen (secondary N) is 4. The number of hydrogen-bond acceptors (Lipinski definition) is 8. The van der Waals surface area contributed by atoms with Crippen molar-refractivity contribution in [1.82, 2.24) is 26.2 Å². The molecule has 276 valence electrons. The molecule has 14 heteroatoms. The van der Waals surface area contributed by atoms with E-state index in [1.807, 2.05) is 26.8 Å². The molecule has 0 spiro atoms. The lowest BCUT2D eigenvalue weighted by atomic mass is 9.82. The van der Waals surface area contributed by atoms with Gasteiger partial charge in [-0.1, -0.05) is 77.5 Å². The number of sulfone groups is 1. The van der Waals surface area contributed by atoms with Crippen LogP contribution in [0.4, 0.5) is 4.79 Å². The summed E-state index contributed by atoms with van der Waals surface area (Å²) in [6.07, 6.45) is 8.57. The number of urea groups is 1. The van der Waals surface area contributed by atoms with E-state index in [4.69, 9.17) is 4.74 Å². The maximum Gasteiger partial charge on any atom is 0.316 e. The lowest BCUT2D eigenvalue weighted by Gasteiger charge is -2.42. The highest BCUT2D eigenvalue weighted by Crippen LogP contribution is 2.37. The summed E-state index contributed by atoms with van der Waals surface area (Å²) in [5, 5.41) is 11.0. The van der Waals surface area contributed by atoms with Crippen molar-refractivity contribution in [2.75, 3.05) is 25.4 Å². The average Bonchev–Trinajstić information content (AvgIpc) is 3.62. The topological polar surface area (TPSA) is 180 Å². The third kappa shape index (κ3) is 10.4. The summed E-state index contributed by atoms with van der Waals surface area (Å²) < 4.78 is 31.6. The zero-order valence-corrected chi connectivity index (χ0v) is 30.9. The van der Waals surface area contributed by atoms with E-state index in [0.29, 0.717) is 25.7 Å². The van der Waals surface area contributed by atoms with Crippen molar-refractivity contribution in [2.45, 2.75) is 128 Å². The number of nitrogens with zero attached hydrogens (tertiary/aromatic N) is 1. The van der Waals surface area contributed by atoms with E-state index < -0.39 is 73.9 Å². The summed E-state index contributed by atoms with van der Waals surface area (Å²) in [6.45, 7) is 15.1. The molecular weight excluding hydrogens is 650 g/mol. The zero-order chi connectivity index (χ0) is 36.6. The van der Waals surface area contributed by atoms with Crippen LogP contribution in [0.25, 0.3) is 0 Å². The third-order valence-corrected chi connectivity index (χ3v) is 11.5. The van der Waals surface area contributed by atoms with Crippen molar-refractivity contribution in [2.24, 2.45) is 11.3 Å². The van der Waals surface area contributed by atoms with Crippen LogP contribution >= 0.6 is 0 Å². The molecule has 1 saturated carbocycles. The van der Waals surface area contributed by atoms with Gasteiger partial charge in [-0.15, -0.1) is 6.58 Å². The fourth-order valence-electron chi connectivity index (χ4n) is 7.10. The van der Waals surface area contributed by atoms with Gasteiger partial charge in [0.05, 0.1) is 23.9 Å². The number of hydrogen-bond donors (Lipinski definition) is 4. The van der Waals surface area contributed by atoms with Gasteiger partial charge in [0, 0.05) is 13.1 Å². The Morgan fingerprint density at radius 2 is 1.73 bits per heavy atom. The summed E-state index contributed by atoms with van der Waals surface area (Å²) in [5.74, 6) is -2.88. The van der Waals surface area contributed by atoms with E-state index in [1.165, 1.54) is 11.0 Å². The van der Waals surface area contributed by atoms with Gasteiger partial charge in [0.2, 0.25) is 17.6 Å². The first kappa shape index (κ1) is 40.2. The minimum atomic E-state index is -3.59. The summed E-state index contributed by atoms with van der Waals surface area (Å²) in [7, 11) is -3.59. The fraction of sp³-hybridized carbons (Fsp3) is 0.743. The standard InChI is InChI=1S/C35H57N5O8S/c1-8-10-14-25(27(41)30(43)36-17-9-2)37-29(42)26-21-24(20-23(3)4)22-40(26)31(44)28(34(5,6)7)38-33(45)39-35(15-12-11-13-16-35)32-48-18-19-49(32,46)47/h9,20,24-26,28,32H,2,8,10-19,21-22H2,1,3-7H3,(H,36,43)(H,37,42)(H2,38,39,45)/t24-,25+,26+,28-,32-/m1/s1. The van der Waals surface area contributed by atoms with Gasteiger partial charge in [-0.3, -0.25) is 19.2 Å². The van der Waals surface area contributed by atoms with E-state index in [1.54, 1.807) is 20.8 Å². The van der Waals surface area contributed by atoms with Gasteiger partial charge in [-0.05, 0) is 50.9 Å². The van der Waals surface area contributed by atoms with Crippen molar-refractivity contribution in [3.63, 3.8) is 0 Å². The number of carbonyl (C=O) groups is 5. The number of Topliss-reactive ketones (excluding diaryl/α,β-unsaturated/α-hetero) is 1. The molecule has 5 atom stereocenters. The molecule has 4 N–H and O–H groups in total. The maximum absolute atomic E-state index is 14.4. The summed E-state index contributed by atoms with van der Waals surface area (Å²) >= 11 is 0. The second-order valence-electron chi connectivity index (χ2n) is 15.0. The largest absolute Gasteiger partial charge is 0.359 e. The molecule has 0 aromatic heterocycles. The average molecular weight is 708 g/mol. The molecule has 3 fully saturated rings. The van der Waals surface area contributed by atoms with Crippen molar-refractivity contribution in [3.8, 4) is 0 Å². The number of likely N-dealkylation sites (tertiary alicyclic amines) is 1. The molecule has 0 aromatic carbocycles. The van der Waals surface area contributed by atoms with Gasteiger partial charge < -0.3 is 30.9 Å². The zero-order valence-electron chi connectivity index (χ0n) is 30.1. The van der Waals surface area contributed by atoms with Crippen molar-refractivity contribution >= 4 is 39.4 Å². The van der Waals surface area contributed by atoms with Crippen LogP contribution in [0.3, 0.4) is 0 Å². The van der Waals surface area contributed by atoms with Crippen LogP contribution in [0.5, 0.6) is 0 Å². The molecule has 3 rings (SSSR count). The second kappa shape index (κ2) is 17.1. The van der Waals surface area contributed by atoms with E-state index in [0.717, 1.165) is 31.3 Å². The number of allylic oxidation sites excluding steroid dienone is 1. The highest BCUT2D eigenvalue weighted by Gasteiger charge is 2.52. The van der Waals surface area contributed by atoms with Crippen molar-refractivity contribution < 1.29 is 37.1 Å². The Bertz CT molecular complexity index is 1380. The third-order valence-electron chi connectivity index (χ3n) is 9.51. The SMILES string of the molecule is C=CCNC(=O)C(=O)[C@H](CCCC)NC(=O)[C@@H]1C[C@@H](C=C(C)C)CN1C(=O)[C@@H](NC(=O)NC1([C@@H]2OCCS2(=O)=O)CCCCC1)C(C)(C)C. The van der Waals surface area contributed by atoms with Gasteiger partial charge in [-0.2, -0.15) is 0 Å². The minimum absolute atomic E-state index is 0.0663. The van der Waals surface area contributed by atoms with E-state index >= 15 is 0 Å². The van der Waals surface area contributed by atoms with E-state index in [9.17, 15) is 32.4 Å². The first-order chi connectivity index (χ1) is 23.0. The smallest absolute Gasteiger partial charge is 0.316 e. The normalized spacial score (nSPS) is 24.2. The number of unbranched alkanes of at least 4 members (excludes halogenated alkanes) is 1. The van der Waals surface area contributed by atoms with E-state index in [2.05, 4.69) is 27.8 Å². The van der Waals surface area contributed by atoms with Crippen molar-refractivity contribution in [1.29, 1.82) is 0 Å². The van der Waals surface area contributed by atoms with Gasteiger partial charge in [0.25, 0.3) is 5.91 Å². The molecule has 3 aliphatic rings. The van der Waals surface area contributed by atoms with Crippen LogP contribution in [-0.2, 0) is 33.8 Å². The number of ether oxygens (including phenoxy) is 1. The molecule has 0 bridgehead atoms. The Morgan fingerprint density at radius 1 is 1.06 bits per heavy atom. The number of ketones is 1. The van der Waals surface area contributed by atoms with Crippen LogP contribution in [0, 0.1) is 11.3 Å². The molecular formula is C35H57N5O8S. The Morgan fingerprint density at radius 3 is 2.29 bits per heavy atom. The molecule has 0 radical (unpaired) electrons. The molecule has 1 aliphatic carbocycles. The first-order valence-corrected chi connectivity index (χ1v) is 19.3. The molecule has 49 heavy (non-hydrogen) atoms. The highest BCUT2D eigenvalue weighted by atomic mass is 32.2. The minimum Gasteiger partial charge on any atom is -0.359 e. The van der Waals surface area contributed by atoms with Crippen LogP contribution in [0.15, 0.2) is 24.3 Å². The van der Waals surface area contributed by atoms with Crippen molar-refractivity contribution in [3.05, 3.63) is 24.3 Å². The number of carbonyl (C=O) groups excluding carboxylic acids is 5. The predicted molar refractivity (Wildman–Crippen MR) is 187 cm³/mol. The van der Waals surface area contributed by atoms with Gasteiger partial charge >= 0.3 is 6.03 Å². The Balaban J connectivity index is 1.88. The summed E-state index contributed by atoms with van der Waals surface area (Å²) in [5.41, 5.74) is -2.07. The van der Waals surface area contributed by atoms with E-state index in [-0.39, 0.29) is 37.8 Å². The first-order valence-electron chi connectivity index (χ1n) is 17.6. The molecule has 2 aliphatic heterocycles. The Hall–Kier alpha value is -3.26. The number of rotatable bonds is 14. The van der Waals surface area contributed by atoms with Crippen LogP contribution in [-0.4, -0.2) is 97.4 Å². The van der Waals surface area contributed by atoms with Gasteiger partial charge in [-0.25, -0.2) is 13.2 Å². The summed E-state index contributed by atoms with van der Waals surface area (Å²) in [6, 6.07) is -3.80. The Labute approximate surface area is 291 Å². The fourth-order valence-corrected chi connectivity index (χ4v) is 8.93. The molecule has 0 unspecified atom stereocenters. The maximum atomic E-state index is 14.4. The lowest BCUT2D eigenvalue weighted by Crippen LogP contribution is -2.65. The van der Waals surface area contributed by atoms with Gasteiger partial charge in [0.1, 0.15) is 12.1 Å². The number of amides is 5. The molecule has 2 heterocycles. The molecule has 2 saturated heterocycles. The highest BCUT2D eigenvalue weighted by molar-refractivity contribution is 7.92.